The van der Waals surface area contributed by atoms with E-state index >= 15 is 0 Å². The minimum absolute atomic E-state index is 0.189. The first-order chi connectivity index (χ1) is 7.06. The number of nitriles is 1. The predicted octanol–water partition coefficient (Wildman–Crippen LogP) is 1.36. The van der Waals surface area contributed by atoms with E-state index in [2.05, 4.69) is 0 Å². The number of halogens is 2. The Labute approximate surface area is 84.4 Å². The lowest BCUT2D eigenvalue weighted by atomic mass is 10.1. The molecule has 0 heterocycles. The molecule has 0 spiro atoms. The van der Waals surface area contributed by atoms with Gasteiger partial charge in [-0.2, -0.15) is 5.26 Å². The van der Waals surface area contributed by atoms with Gasteiger partial charge in [0.05, 0.1) is 0 Å². The maximum atomic E-state index is 13.1. The van der Waals surface area contributed by atoms with Gasteiger partial charge >= 0.3 is 0 Å². The van der Waals surface area contributed by atoms with Crippen molar-refractivity contribution < 1.29 is 13.6 Å². The molecule has 0 fully saturated rings. The number of hydrogen-bond donors (Lipinski definition) is 1. The highest BCUT2D eigenvalue weighted by molar-refractivity contribution is 6.00. The van der Waals surface area contributed by atoms with Crippen molar-refractivity contribution in [1.29, 1.82) is 5.26 Å². The maximum absolute atomic E-state index is 13.1. The van der Waals surface area contributed by atoms with Gasteiger partial charge in [0.1, 0.15) is 11.6 Å². The molecular weight excluding hydrogens is 202 g/mol. The molecule has 1 aromatic rings. The van der Waals surface area contributed by atoms with Gasteiger partial charge in [0, 0.05) is 5.56 Å². The van der Waals surface area contributed by atoms with Crippen LogP contribution < -0.4 is 5.73 Å². The van der Waals surface area contributed by atoms with Crippen LogP contribution in [0.1, 0.15) is 5.56 Å². The van der Waals surface area contributed by atoms with Gasteiger partial charge in [-0.05, 0) is 12.1 Å². The van der Waals surface area contributed by atoms with E-state index in [1.807, 2.05) is 0 Å². The first-order valence-electron chi connectivity index (χ1n) is 3.92. The first kappa shape index (κ1) is 10.9. The summed E-state index contributed by atoms with van der Waals surface area (Å²) in [5, 5.41) is 8.48. The normalized spacial score (nSPS) is 10.9. The number of nitrogens with zero attached hydrogens (tertiary/aromatic N) is 1. The molecule has 5 heteroatoms. The minimum atomic E-state index is -1.12. The summed E-state index contributed by atoms with van der Waals surface area (Å²) in [5.41, 5.74) is 4.22. The van der Waals surface area contributed by atoms with E-state index in [4.69, 9.17) is 11.0 Å². The van der Waals surface area contributed by atoms with Crippen LogP contribution >= 0.6 is 0 Å². The highest BCUT2D eigenvalue weighted by Gasteiger charge is 2.09. The Morgan fingerprint density at radius 2 is 2.13 bits per heavy atom. The van der Waals surface area contributed by atoms with Crippen molar-refractivity contribution in [3.63, 3.8) is 0 Å². The van der Waals surface area contributed by atoms with Gasteiger partial charge in [0.2, 0.25) is 0 Å². The summed E-state index contributed by atoms with van der Waals surface area (Å²) in [6.45, 7) is 0. The number of hydrogen-bond acceptors (Lipinski definition) is 2. The molecule has 0 radical (unpaired) electrons. The standard InChI is InChI=1S/C10H6F2N2O/c11-8-3-1-2-6(9(8)12)4-7(5-13)10(14)15/h1-4H,(H2,14,15). The van der Waals surface area contributed by atoms with Crippen molar-refractivity contribution >= 4 is 12.0 Å². The highest BCUT2D eigenvalue weighted by atomic mass is 19.2. The van der Waals surface area contributed by atoms with Gasteiger partial charge in [0.15, 0.2) is 11.6 Å². The van der Waals surface area contributed by atoms with Crippen molar-refractivity contribution in [2.24, 2.45) is 5.73 Å². The first-order valence-corrected chi connectivity index (χ1v) is 3.92. The molecule has 0 saturated heterocycles. The van der Waals surface area contributed by atoms with E-state index in [1.165, 1.54) is 18.2 Å². The van der Waals surface area contributed by atoms with Crippen molar-refractivity contribution in [1.82, 2.24) is 0 Å². The van der Waals surface area contributed by atoms with E-state index in [0.717, 1.165) is 12.1 Å². The Balaban J connectivity index is 3.25. The number of nitrogens with two attached hydrogens (primary N) is 1. The number of rotatable bonds is 2. The third-order valence-corrected chi connectivity index (χ3v) is 1.67. The van der Waals surface area contributed by atoms with Gasteiger partial charge < -0.3 is 5.73 Å². The summed E-state index contributed by atoms with van der Waals surface area (Å²) in [6, 6.07) is 4.93. The topological polar surface area (TPSA) is 66.9 Å². The van der Waals surface area contributed by atoms with Crippen LogP contribution in [0, 0.1) is 23.0 Å². The van der Waals surface area contributed by atoms with E-state index in [1.54, 1.807) is 0 Å². The van der Waals surface area contributed by atoms with Gasteiger partial charge in [-0.25, -0.2) is 8.78 Å². The molecule has 15 heavy (non-hydrogen) atoms. The molecule has 0 bridgehead atoms. The molecule has 1 amide bonds. The van der Waals surface area contributed by atoms with Gasteiger partial charge in [-0.15, -0.1) is 0 Å². The quantitative estimate of drug-likeness (QED) is 0.589. The molecule has 2 N–H and O–H groups in total. The van der Waals surface area contributed by atoms with Crippen LogP contribution in [0.2, 0.25) is 0 Å². The molecule has 0 aliphatic rings. The number of primary amides is 1. The molecule has 0 aliphatic carbocycles. The van der Waals surface area contributed by atoms with Crippen molar-refractivity contribution in [2.45, 2.75) is 0 Å². The molecule has 0 unspecified atom stereocenters. The summed E-state index contributed by atoms with van der Waals surface area (Å²) < 4.78 is 25.8. The second kappa shape index (κ2) is 4.33. The summed E-state index contributed by atoms with van der Waals surface area (Å²) in [5.74, 6) is -3.15. The third-order valence-electron chi connectivity index (χ3n) is 1.67. The molecule has 1 aromatic carbocycles. The second-order valence-corrected chi connectivity index (χ2v) is 2.68. The molecule has 0 atom stereocenters. The zero-order valence-corrected chi connectivity index (χ0v) is 7.50. The Morgan fingerprint density at radius 3 is 2.67 bits per heavy atom. The summed E-state index contributed by atoms with van der Waals surface area (Å²) in [6.07, 6.45) is 0.904. The fourth-order valence-corrected chi connectivity index (χ4v) is 0.946. The van der Waals surface area contributed by atoms with E-state index in [9.17, 15) is 13.6 Å². The molecule has 76 valence electrons. The van der Waals surface area contributed by atoms with Crippen LogP contribution in [0.25, 0.3) is 6.08 Å². The Morgan fingerprint density at radius 1 is 1.47 bits per heavy atom. The van der Waals surface area contributed by atoms with E-state index < -0.39 is 23.1 Å². The smallest absolute Gasteiger partial charge is 0.259 e. The minimum Gasteiger partial charge on any atom is -0.365 e. The van der Waals surface area contributed by atoms with Crippen LogP contribution in [0.15, 0.2) is 23.8 Å². The Bertz CT molecular complexity index is 475. The monoisotopic (exact) mass is 208 g/mol. The van der Waals surface area contributed by atoms with E-state index in [0.29, 0.717) is 0 Å². The third kappa shape index (κ3) is 2.38. The maximum Gasteiger partial charge on any atom is 0.259 e. The van der Waals surface area contributed by atoms with Gasteiger partial charge in [-0.1, -0.05) is 12.1 Å². The number of carbonyl (C=O) groups excluding carboxylic acids is 1. The van der Waals surface area contributed by atoms with Crippen molar-refractivity contribution in [2.75, 3.05) is 0 Å². The molecule has 3 nitrogen and oxygen atoms in total. The van der Waals surface area contributed by atoms with Crippen LogP contribution in [0.3, 0.4) is 0 Å². The lowest BCUT2D eigenvalue weighted by Gasteiger charge is -1.98. The lowest BCUT2D eigenvalue weighted by Crippen LogP contribution is -2.12. The molecular formula is C10H6F2N2O. The van der Waals surface area contributed by atoms with Gasteiger partial charge in [-0.3, -0.25) is 4.79 Å². The largest absolute Gasteiger partial charge is 0.365 e. The van der Waals surface area contributed by atoms with Crippen molar-refractivity contribution in [3.05, 3.63) is 41.0 Å². The second-order valence-electron chi connectivity index (χ2n) is 2.68. The number of benzene rings is 1. The number of carbonyl (C=O) groups is 1. The SMILES string of the molecule is N#CC(=Cc1cccc(F)c1F)C(N)=O. The van der Waals surface area contributed by atoms with Crippen molar-refractivity contribution in [3.8, 4) is 6.07 Å². The fraction of sp³-hybridized carbons (Fsp3) is 0. The fourth-order valence-electron chi connectivity index (χ4n) is 0.946. The molecule has 0 aliphatic heterocycles. The van der Waals surface area contributed by atoms with Crippen LogP contribution in [0.4, 0.5) is 8.78 Å². The summed E-state index contributed by atoms with van der Waals surface area (Å²) in [7, 11) is 0. The highest BCUT2D eigenvalue weighted by Crippen LogP contribution is 2.14. The summed E-state index contributed by atoms with van der Waals surface area (Å²) >= 11 is 0. The van der Waals surface area contributed by atoms with Crippen LogP contribution in [0.5, 0.6) is 0 Å². The average molecular weight is 208 g/mol. The summed E-state index contributed by atoms with van der Waals surface area (Å²) in [4.78, 5) is 10.6. The van der Waals surface area contributed by atoms with Crippen LogP contribution in [-0.4, -0.2) is 5.91 Å². The van der Waals surface area contributed by atoms with Crippen LogP contribution in [-0.2, 0) is 4.79 Å². The Kier molecular flexibility index (Phi) is 3.13. The Hall–Kier alpha value is -2.22. The molecule has 1 rings (SSSR count). The zero-order valence-electron chi connectivity index (χ0n) is 7.50. The lowest BCUT2D eigenvalue weighted by molar-refractivity contribution is -0.114. The average Bonchev–Trinajstić information content (AvgIpc) is 2.19. The number of amides is 1. The molecule has 0 aromatic heterocycles. The predicted molar refractivity (Wildman–Crippen MR) is 49.1 cm³/mol. The van der Waals surface area contributed by atoms with E-state index in [-0.39, 0.29) is 5.56 Å². The van der Waals surface area contributed by atoms with Gasteiger partial charge in [0.25, 0.3) is 5.91 Å². The zero-order chi connectivity index (χ0) is 11.4. The molecule has 0 saturated carbocycles.